The summed E-state index contributed by atoms with van der Waals surface area (Å²) in [6.45, 7) is 2.43. The van der Waals surface area contributed by atoms with Crippen molar-refractivity contribution in [3.8, 4) is 0 Å². The molecule has 3 nitrogen and oxygen atoms in total. The van der Waals surface area contributed by atoms with E-state index in [2.05, 4.69) is 4.74 Å². The number of rotatable bonds is 4. The van der Waals surface area contributed by atoms with Crippen LogP contribution >= 0.6 is 0 Å². The molecule has 48 valence electrons. The van der Waals surface area contributed by atoms with Gasteiger partial charge in [-0.3, -0.25) is 0 Å². The summed E-state index contributed by atoms with van der Waals surface area (Å²) in [5, 5.41) is 0. The number of methoxy groups -OCH3 is 1. The standard InChI is InChI=1S/C4H10O3Si/c1-3-7-4(6-2)8-5/h4-5H,3H2,1-2H3. The molecule has 0 heterocycles. The predicted molar refractivity (Wildman–Crippen MR) is 30.4 cm³/mol. The summed E-state index contributed by atoms with van der Waals surface area (Å²) >= 11 is 0. The molecule has 0 amide bonds. The third-order valence-corrected chi connectivity index (χ3v) is 1.25. The van der Waals surface area contributed by atoms with Gasteiger partial charge in [0.05, 0.1) is 0 Å². The van der Waals surface area contributed by atoms with Crippen LogP contribution in [-0.2, 0) is 9.47 Å². The molecule has 8 heavy (non-hydrogen) atoms. The van der Waals surface area contributed by atoms with Crippen LogP contribution in [0.3, 0.4) is 0 Å². The summed E-state index contributed by atoms with van der Waals surface area (Å²) < 4.78 is 9.56. The molecule has 0 saturated carbocycles. The third-order valence-electron chi connectivity index (χ3n) is 0.638. The normalized spacial score (nSPS) is 13.9. The topological polar surface area (TPSA) is 38.7 Å². The fraction of sp³-hybridized carbons (Fsp3) is 1.00. The van der Waals surface area contributed by atoms with Crippen LogP contribution in [0, 0.1) is 0 Å². The Hall–Kier alpha value is 0.0969. The Labute approximate surface area is 51.6 Å². The van der Waals surface area contributed by atoms with Gasteiger partial charge in [0.25, 0.3) is 9.76 Å². The zero-order valence-electron chi connectivity index (χ0n) is 5.05. The SMILES string of the molecule is CCOC(OC)[Si]O. The average molecular weight is 134 g/mol. The average Bonchev–Trinajstić information content (AvgIpc) is 1.83. The van der Waals surface area contributed by atoms with Crippen LogP contribution in [-0.4, -0.2) is 34.2 Å². The molecule has 1 unspecified atom stereocenters. The van der Waals surface area contributed by atoms with Crippen LogP contribution in [0.4, 0.5) is 0 Å². The van der Waals surface area contributed by atoms with Crippen molar-refractivity contribution in [2.24, 2.45) is 0 Å². The molecule has 0 saturated heterocycles. The van der Waals surface area contributed by atoms with E-state index in [1.54, 1.807) is 0 Å². The smallest absolute Gasteiger partial charge is 0.295 e. The Morgan fingerprint density at radius 3 is 2.50 bits per heavy atom. The summed E-state index contributed by atoms with van der Waals surface area (Å²) in [6, 6.07) is 0. The maximum absolute atomic E-state index is 8.43. The lowest BCUT2D eigenvalue weighted by atomic mass is 10.9. The van der Waals surface area contributed by atoms with Gasteiger partial charge in [0, 0.05) is 13.7 Å². The molecule has 0 aromatic rings. The van der Waals surface area contributed by atoms with E-state index >= 15 is 0 Å². The third kappa shape index (κ3) is 3.14. The highest BCUT2D eigenvalue weighted by molar-refractivity contribution is 6.26. The van der Waals surface area contributed by atoms with Crippen LogP contribution < -0.4 is 0 Å². The Balaban J connectivity index is 3.07. The highest BCUT2D eigenvalue weighted by Gasteiger charge is 2.04. The minimum Gasteiger partial charge on any atom is -0.428 e. The molecule has 0 fully saturated rings. The molecule has 1 atom stereocenters. The lowest BCUT2D eigenvalue weighted by Crippen LogP contribution is -2.22. The van der Waals surface area contributed by atoms with Gasteiger partial charge >= 0.3 is 0 Å². The van der Waals surface area contributed by atoms with Crippen molar-refractivity contribution in [1.29, 1.82) is 0 Å². The van der Waals surface area contributed by atoms with Gasteiger partial charge in [-0.05, 0) is 6.92 Å². The van der Waals surface area contributed by atoms with E-state index in [-0.39, 0.29) is 9.76 Å². The summed E-state index contributed by atoms with van der Waals surface area (Å²) in [5.41, 5.74) is 0. The first kappa shape index (κ1) is 8.10. The molecule has 0 aromatic heterocycles. The number of ether oxygens (including phenoxy) is 2. The second-order valence-electron chi connectivity index (χ2n) is 1.15. The number of hydrogen-bond acceptors (Lipinski definition) is 3. The van der Waals surface area contributed by atoms with Crippen LogP contribution in [0.1, 0.15) is 6.92 Å². The van der Waals surface area contributed by atoms with Gasteiger partial charge in [0.1, 0.15) is 0 Å². The molecular weight excluding hydrogens is 124 g/mol. The lowest BCUT2D eigenvalue weighted by Gasteiger charge is -2.08. The van der Waals surface area contributed by atoms with Crippen LogP contribution in [0.15, 0.2) is 0 Å². The molecular formula is C4H10O3Si. The Morgan fingerprint density at radius 2 is 2.38 bits per heavy atom. The fourth-order valence-electron chi connectivity index (χ4n) is 0.309. The maximum atomic E-state index is 8.43. The minimum atomic E-state index is -0.417. The van der Waals surface area contributed by atoms with Gasteiger partial charge in [-0.15, -0.1) is 0 Å². The van der Waals surface area contributed by atoms with E-state index in [9.17, 15) is 0 Å². The van der Waals surface area contributed by atoms with Crippen molar-refractivity contribution in [1.82, 2.24) is 0 Å². The predicted octanol–water partition coefficient (Wildman–Crippen LogP) is -0.436. The maximum Gasteiger partial charge on any atom is 0.295 e. The summed E-state index contributed by atoms with van der Waals surface area (Å²) in [5.74, 6) is -0.417. The number of hydrogen-bond donors (Lipinski definition) is 1. The van der Waals surface area contributed by atoms with Crippen LogP contribution in [0.2, 0.25) is 0 Å². The van der Waals surface area contributed by atoms with E-state index in [4.69, 9.17) is 9.53 Å². The quantitative estimate of drug-likeness (QED) is 0.418. The Morgan fingerprint density at radius 1 is 1.75 bits per heavy atom. The van der Waals surface area contributed by atoms with Crippen molar-refractivity contribution >= 4 is 9.76 Å². The molecule has 0 spiro atoms. The Kier molecular flexibility index (Phi) is 5.30. The summed E-state index contributed by atoms with van der Waals surface area (Å²) in [6.07, 6.45) is 0. The zero-order chi connectivity index (χ0) is 6.41. The molecule has 0 bridgehead atoms. The van der Waals surface area contributed by atoms with E-state index in [0.29, 0.717) is 6.61 Å². The molecule has 0 aliphatic rings. The second kappa shape index (κ2) is 5.24. The summed E-state index contributed by atoms with van der Waals surface area (Å²) in [7, 11) is 1.21. The van der Waals surface area contributed by atoms with E-state index < -0.39 is 5.91 Å². The summed E-state index contributed by atoms with van der Waals surface area (Å²) in [4.78, 5) is 8.43. The van der Waals surface area contributed by atoms with E-state index in [1.807, 2.05) is 6.92 Å². The molecule has 0 aliphatic heterocycles. The molecule has 0 rings (SSSR count). The second-order valence-corrected chi connectivity index (χ2v) is 1.88. The zero-order valence-corrected chi connectivity index (χ0v) is 6.05. The van der Waals surface area contributed by atoms with Crippen LogP contribution in [0.25, 0.3) is 0 Å². The lowest BCUT2D eigenvalue weighted by molar-refractivity contribution is -0.0700. The monoisotopic (exact) mass is 134 g/mol. The van der Waals surface area contributed by atoms with Crippen molar-refractivity contribution in [3.05, 3.63) is 0 Å². The van der Waals surface area contributed by atoms with Gasteiger partial charge < -0.3 is 14.3 Å². The molecule has 0 aliphatic carbocycles. The minimum absolute atomic E-state index is 0.289. The van der Waals surface area contributed by atoms with Crippen molar-refractivity contribution in [2.75, 3.05) is 13.7 Å². The Bertz CT molecular complexity index is 46.5. The first-order chi connectivity index (χ1) is 3.85. The highest BCUT2D eigenvalue weighted by atomic mass is 28.2. The molecule has 1 N–H and O–H groups in total. The van der Waals surface area contributed by atoms with Crippen LogP contribution in [0.5, 0.6) is 0 Å². The van der Waals surface area contributed by atoms with Crippen molar-refractivity contribution < 1.29 is 14.3 Å². The first-order valence-electron chi connectivity index (χ1n) is 2.39. The molecule has 4 heteroatoms. The van der Waals surface area contributed by atoms with E-state index in [0.717, 1.165) is 0 Å². The van der Waals surface area contributed by atoms with Crippen molar-refractivity contribution in [3.63, 3.8) is 0 Å². The first-order valence-corrected chi connectivity index (χ1v) is 3.41. The van der Waals surface area contributed by atoms with E-state index in [1.165, 1.54) is 7.11 Å². The van der Waals surface area contributed by atoms with Gasteiger partial charge in [-0.25, -0.2) is 0 Å². The largest absolute Gasteiger partial charge is 0.428 e. The van der Waals surface area contributed by atoms with Gasteiger partial charge in [-0.2, -0.15) is 0 Å². The molecule has 0 aromatic carbocycles. The van der Waals surface area contributed by atoms with Gasteiger partial charge in [-0.1, -0.05) is 0 Å². The molecule has 2 radical (unpaired) electrons. The fourth-order valence-corrected chi connectivity index (χ4v) is 0.656. The highest BCUT2D eigenvalue weighted by Crippen LogP contribution is 1.86. The van der Waals surface area contributed by atoms with Gasteiger partial charge in [0.15, 0.2) is 5.91 Å². The van der Waals surface area contributed by atoms with Crippen molar-refractivity contribution in [2.45, 2.75) is 12.8 Å². The van der Waals surface area contributed by atoms with Gasteiger partial charge in [0.2, 0.25) is 0 Å².